The minimum absolute atomic E-state index is 0. The molecule has 1 heterocycles. The van der Waals surface area contributed by atoms with Crippen LogP contribution in [0.2, 0.25) is 0 Å². The minimum Gasteiger partial charge on any atom is -0.744 e. The van der Waals surface area contributed by atoms with E-state index in [1.165, 1.54) is 24.0 Å². The number of nitrogens with zero attached hydrogens (tertiary/aromatic N) is 2. The van der Waals surface area contributed by atoms with Gasteiger partial charge in [0.15, 0.2) is 5.71 Å². The number of anilines is 1. The van der Waals surface area contributed by atoms with E-state index in [4.69, 9.17) is 0 Å². The fourth-order valence-corrected chi connectivity index (χ4v) is 4.87. The summed E-state index contributed by atoms with van der Waals surface area (Å²) in [6.45, 7) is 5.89. The van der Waals surface area contributed by atoms with Crippen LogP contribution in [0.15, 0.2) is 65.7 Å². The van der Waals surface area contributed by atoms with Gasteiger partial charge in [0, 0.05) is 48.9 Å². The fourth-order valence-electron chi connectivity index (χ4n) is 4.37. The van der Waals surface area contributed by atoms with Crippen molar-refractivity contribution in [3.63, 3.8) is 0 Å². The van der Waals surface area contributed by atoms with E-state index >= 15 is 0 Å². The van der Waals surface area contributed by atoms with E-state index < -0.39 is 21.5 Å². The van der Waals surface area contributed by atoms with Gasteiger partial charge in [0.05, 0.1) is 10.3 Å². The molecule has 0 unspecified atom stereocenters. The van der Waals surface area contributed by atoms with Crippen LogP contribution in [0, 0.1) is 0 Å². The number of carboxylic acid groups (broad SMARTS) is 1. The van der Waals surface area contributed by atoms with Gasteiger partial charge >= 0.3 is 51.4 Å². The first-order valence-electron chi connectivity index (χ1n) is 11.4. The fraction of sp³-hybridized carbons (Fsp3) is 0.346. The van der Waals surface area contributed by atoms with Crippen molar-refractivity contribution in [1.29, 1.82) is 0 Å². The monoisotopic (exact) mass is 536 g/mol. The molecule has 3 rings (SSSR count). The molecule has 0 aliphatic carbocycles. The SMILES string of the molecule is CC(=O)N(/C=C/C1=[N+](CCCCCC(=O)[O-])c2ccc(S(=O)(=O)[O-])cc2C1(C)C)c1ccccc1.[K+]. The molecular weight excluding hydrogens is 507 g/mol. The van der Waals surface area contributed by atoms with Gasteiger partial charge in [-0.2, -0.15) is 4.58 Å². The van der Waals surface area contributed by atoms with Crippen LogP contribution in [0.4, 0.5) is 11.4 Å². The molecule has 8 nitrogen and oxygen atoms in total. The number of hydrogen-bond donors (Lipinski definition) is 0. The number of carboxylic acids is 1. The van der Waals surface area contributed by atoms with Gasteiger partial charge in [-0.15, -0.1) is 0 Å². The second-order valence-electron chi connectivity index (χ2n) is 9.02. The van der Waals surface area contributed by atoms with E-state index in [9.17, 15) is 27.7 Å². The third-order valence-corrected chi connectivity index (χ3v) is 7.00. The summed E-state index contributed by atoms with van der Waals surface area (Å²) in [6, 6.07) is 13.5. The number of rotatable bonds is 10. The average molecular weight is 537 g/mol. The molecule has 1 amide bonds. The Hall–Kier alpha value is -1.66. The summed E-state index contributed by atoms with van der Waals surface area (Å²) in [5, 5.41) is 10.7. The van der Waals surface area contributed by atoms with Gasteiger partial charge in [-0.05, 0) is 57.4 Å². The topological polar surface area (TPSA) is 121 Å². The first-order valence-corrected chi connectivity index (χ1v) is 12.8. The number of para-hydroxylation sites is 1. The van der Waals surface area contributed by atoms with E-state index in [1.54, 1.807) is 12.3 Å². The van der Waals surface area contributed by atoms with Crippen LogP contribution in [0.5, 0.6) is 0 Å². The summed E-state index contributed by atoms with van der Waals surface area (Å²) >= 11 is 0. The molecule has 0 aromatic heterocycles. The summed E-state index contributed by atoms with van der Waals surface area (Å²) in [6.07, 6.45) is 5.38. The number of allylic oxidation sites excluding steroid dienone is 1. The molecule has 1 aliphatic rings. The predicted molar refractivity (Wildman–Crippen MR) is 129 cm³/mol. The first kappa shape index (κ1) is 30.6. The van der Waals surface area contributed by atoms with Gasteiger partial charge in [-0.1, -0.05) is 18.2 Å². The molecule has 0 saturated heterocycles. The van der Waals surface area contributed by atoms with Crippen LogP contribution in [-0.2, 0) is 25.1 Å². The molecule has 0 spiro atoms. The molecule has 10 heteroatoms. The van der Waals surface area contributed by atoms with Crippen molar-refractivity contribution in [1.82, 2.24) is 0 Å². The smallest absolute Gasteiger partial charge is 0.744 e. The van der Waals surface area contributed by atoms with Crippen molar-refractivity contribution in [2.45, 2.75) is 56.8 Å². The number of aliphatic carboxylic acids is 1. The number of unbranched alkanes of at least 4 members (excludes halogenated alkanes) is 2. The zero-order valence-corrected chi connectivity index (χ0v) is 25.0. The van der Waals surface area contributed by atoms with Crippen molar-refractivity contribution >= 4 is 39.1 Å². The minimum atomic E-state index is -4.63. The summed E-state index contributed by atoms with van der Waals surface area (Å²) in [5.74, 6) is -1.25. The molecule has 2 aromatic rings. The number of hydrogen-bond acceptors (Lipinski definition) is 6. The number of carbonyl (C=O) groups is 2. The molecular formula is C26H29KN2O6S. The maximum atomic E-state index is 12.4. The van der Waals surface area contributed by atoms with E-state index in [-0.39, 0.29) is 68.6 Å². The van der Waals surface area contributed by atoms with Crippen LogP contribution in [-0.4, -0.2) is 41.7 Å². The van der Waals surface area contributed by atoms with E-state index in [2.05, 4.69) is 0 Å². The van der Waals surface area contributed by atoms with Gasteiger partial charge < -0.3 is 14.5 Å². The van der Waals surface area contributed by atoms with Crippen molar-refractivity contribution < 1.29 is 83.6 Å². The Morgan fingerprint density at radius 1 is 1.06 bits per heavy atom. The van der Waals surface area contributed by atoms with Gasteiger partial charge in [0.25, 0.3) is 0 Å². The zero-order chi connectivity index (χ0) is 25.8. The van der Waals surface area contributed by atoms with E-state index in [0.717, 1.165) is 11.4 Å². The first-order chi connectivity index (χ1) is 16.4. The standard InChI is InChI=1S/C26H30N2O6S.K/c1-19(29)27(20-10-6-4-7-11-20)17-15-24-26(2,3)22-18-21(35(32,33)34)13-14-23(22)28(24)16-9-5-8-12-25(30)31;/h4,6-7,10-11,13-15,17-18H,5,8-9,12,16H2,1-3H3,(H-,30,31,32,33,34);/q;+1/p-1. The molecule has 1 aliphatic heterocycles. The van der Waals surface area contributed by atoms with Crippen LogP contribution < -0.4 is 61.4 Å². The Balaban J connectivity index is 0.00000456. The van der Waals surface area contributed by atoms with Crippen LogP contribution in [0.1, 0.15) is 52.0 Å². The largest absolute Gasteiger partial charge is 1.00 e. The molecule has 0 fully saturated rings. The molecule has 0 bridgehead atoms. The third-order valence-electron chi connectivity index (χ3n) is 6.17. The zero-order valence-electron chi connectivity index (χ0n) is 21.1. The van der Waals surface area contributed by atoms with Crippen LogP contribution >= 0.6 is 0 Å². The summed E-state index contributed by atoms with van der Waals surface area (Å²) in [7, 11) is -4.63. The molecule has 186 valence electrons. The molecule has 0 radical (unpaired) electrons. The molecule has 0 atom stereocenters. The second-order valence-corrected chi connectivity index (χ2v) is 10.4. The van der Waals surface area contributed by atoms with E-state index in [1.807, 2.05) is 54.8 Å². The van der Waals surface area contributed by atoms with Crippen molar-refractivity contribution in [3.8, 4) is 0 Å². The quantitative estimate of drug-likeness (QED) is 0.180. The Morgan fingerprint density at radius 2 is 1.72 bits per heavy atom. The maximum Gasteiger partial charge on any atom is 1.00 e. The van der Waals surface area contributed by atoms with Gasteiger partial charge in [0.2, 0.25) is 11.6 Å². The van der Waals surface area contributed by atoms with Crippen LogP contribution in [0.25, 0.3) is 0 Å². The normalized spacial score (nSPS) is 14.4. The van der Waals surface area contributed by atoms with E-state index in [0.29, 0.717) is 37.1 Å². The summed E-state index contributed by atoms with van der Waals surface area (Å²) in [5.41, 5.74) is 2.35. The number of benzene rings is 2. The van der Waals surface area contributed by atoms with Crippen molar-refractivity contribution in [3.05, 3.63) is 66.4 Å². The number of fused-ring (bicyclic) bond motifs is 1. The predicted octanol–water partition coefficient (Wildman–Crippen LogP) is -0.152. The Morgan fingerprint density at radius 3 is 2.31 bits per heavy atom. The van der Waals surface area contributed by atoms with Crippen molar-refractivity contribution in [2.75, 3.05) is 11.4 Å². The summed E-state index contributed by atoms with van der Waals surface area (Å²) in [4.78, 5) is 24.3. The van der Waals surface area contributed by atoms with Gasteiger partial charge in [-0.25, -0.2) is 8.42 Å². The van der Waals surface area contributed by atoms with Crippen molar-refractivity contribution in [2.24, 2.45) is 0 Å². The number of carbonyl (C=O) groups excluding carboxylic acids is 2. The molecule has 0 saturated carbocycles. The Kier molecular flexibility index (Phi) is 10.8. The summed E-state index contributed by atoms with van der Waals surface area (Å²) < 4.78 is 37.0. The molecule has 2 aromatic carbocycles. The molecule has 0 N–H and O–H groups in total. The van der Waals surface area contributed by atoms with Gasteiger partial charge in [0.1, 0.15) is 16.7 Å². The maximum absolute atomic E-state index is 12.4. The second kappa shape index (κ2) is 12.7. The average Bonchev–Trinajstić information content (AvgIpc) is 2.99. The Bertz CT molecular complexity index is 1290. The van der Waals surface area contributed by atoms with Crippen LogP contribution in [0.3, 0.4) is 0 Å². The third kappa shape index (κ3) is 7.22. The Labute approximate surface area is 254 Å². The van der Waals surface area contributed by atoms with Gasteiger partial charge in [-0.3, -0.25) is 9.69 Å². The number of amides is 1. The molecule has 36 heavy (non-hydrogen) atoms.